The van der Waals surface area contributed by atoms with E-state index in [1.165, 1.54) is 19.3 Å². The molecule has 1 spiro atoms. The van der Waals surface area contributed by atoms with E-state index in [4.69, 9.17) is 4.74 Å². The molecule has 0 radical (unpaired) electrons. The van der Waals surface area contributed by atoms with E-state index in [1.54, 1.807) is 0 Å². The Hall–Kier alpha value is -0.670. The third-order valence-corrected chi connectivity index (χ3v) is 6.08. The quantitative estimate of drug-likeness (QED) is 0.725. The molecule has 4 aliphatic rings. The smallest absolute Gasteiger partial charge is 0.312 e. The predicted octanol–water partition coefficient (Wildman–Crippen LogP) is 3.15. The van der Waals surface area contributed by atoms with Crippen LogP contribution in [0, 0.1) is 23.2 Å². The van der Waals surface area contributed by atoms with Gasteiger partial charge in [0, 0.05) is 5.41 Å². The van der Waals surface area contributed by atoms with Gasteiger partial charge in [0.25, 0.3) is 5.92 Å². The van der Waals surface area contributed by atoms with Crippen molar-refractivity contribution in [2.75, 3.05) is 0 Å². The van der Waals surface area contributed by atoms with Gasteiger partial charge < -0.3 is 4.74 Å². The fourth-order valence-corrected chi connectivity index (χ4v) is 5.78. The van der Waals surface area contributed by atoms with Crippen molar-refractivity contribution in [2.45, 2.75) is 57.0 Å². The van der Waals surface area contributed by atoms with Gasteiger partial charge in [-0.2, -0.15) is 0 Å². The topological polar surface area (TPSA) is 26.3 Å². The zero-order valence-electron chi connectivity index (χ0n) is 10.5. The Balaban J connectivity index is 1.49. The number of ether oxygens (including phenoxy) is 1. The Morgan fingerprint density at radius 2 is 1.89 bits per heavy atom. The largest absolute Gasteiger partial charge is 0.458 e. The van der Waals surface area contributed by atoms with Crippen LogP contribution in [0.2, 0.25) is 0 Å². The minimum absolute atomic E-state index is 0.219. The zero-order chi connectivity index (χ0) is 12.8. The van der Waals surface area contributed by atoms with Gasteiger partial charge in [-0.05, 0) is 56.8 Å². The molecule has 18 heavy (non-hydrogen) atoms. The van der Waals surface area contributed by atoms with Crippen LogP contribution in [0.1, 0.15) is 45.4 Å². The minimum atomic E-state index is -2.95. The molecule has 4 aliphatic carbocycles. The van der Waals surface area contributed by atoms with Gasteiger partial charge in [-0.25, -0.2) is 8.78 Å². The maximum absolute atomic E-state index is 12.8. The first-order valence-corrected chi connectivity index (χ1v) is 6.94. The van der Waals surface area contributed by atoms with Crippen LogP contribution in [0.5, 0.6) is 0 Å². The molecule has 0 aliphatic heterocycles. The molecule has 2 bridgehead atoms. The van der Waals surface area contributed by atoms with E-state index in [2.05, 4.69) is 0 Å². The van der Waals surface area contributed by atoms with Gasteiger partial charge in [0.05, 0.1) is 0 Å². The summed E-state index contributed by atoms with van der Waals surface area (Å²) in [6.07, 6.45) is 4.82. The maximum atomic E-state index is 12.8. The average Bonchev–Trinajstić information content (AvgIpc) is 2.65. The molecule has 0 amide bonds. The summed E-state index contributed by atoms with van der Waals surface area (Å²) in [5, 5.41) is 0. The first-order valence-electron chi connectivity index (χ1n) is 6.94. The molecule has 2 unspecified atom stereocenters. The summed E-state index contributed by atoms with van der Waals surface area (Å²) in [4.78, 5) is 11.6. The van der Waals surface area contributed by atoms with Crippen LogP contribution in [0.3, 0.4) is 0 Å². The lowest BCUT2D eigenvalue weighted by molar-refractivity contribution is -0.313. The second-order valence-corrected chi connectivity index (χ2v) is 7.10. The maximum Gasteiger partial charge on any atom is 0.312 e. The monoisotopic (exact) mass is 256 g/mol. The van der Waals surface area contributed by atoms with Crippen molar-refractivity contribution >= 4 is 5.97 Å². The molecule has 4 saturated carbocycles. The van der Waals surface area contributed by atoms with Gasteiger partial charge in [0.1, 0.15) is 12.0 Å². The van der Waals surface area contributed by atoms with Crippen molar-refractivity contribution in [3.8, 4) is 0 Å². The molecule has 0 aromatic heterocycles. The molecule has 0 aromatic carbocycles. The number of carbonyl (C=O) groups is 1. The summed E-state index contributed by atoms with van der Waals surface area (Å²) < 4.78 is 31.2. The first-order chi connectivity index (χ1) is 8.35. The van der Waals surface area contributed by atoms with Crippen LogP contribution in [-0.4, -0.2) is 17.5 Å². The molecule has 4 rings (SSSR count). The summed E-state index contributed by atoms with van der Waals surface area (Å²) in [5.74, 6) is -1.42. The van der Waals surface area contributed by atoms with Crippen LogP contribution >= 0.6 is 0 Å². The highest BCUT2D eigenvalue weighted by Gasteiger charge is 2.83. The van der Waals surface area contributed by atoms with Crippen molar-refractivity contribution in [1.82, 2.24) is 0 Å². The predicted molar refractivity (Wildman–Crippen MR) is 60.0 cm³/mol. The van der Waals surface area contributed by atoms with Gasteiger partial charge in [0.2, 0.25) is 0 Å². The number of fused-ring (bicyclic) bond motifs is 1. The van der Waals surface area contributed by atoms with Crippen LogP contribution < -0.4 is 0 Å². The molecule has 0 saturated heterocycles. The Morgan fingerprint density at radius 1 is 1.28 bits per heavy atom. The highest BCUT2D eigenvalue weighted by molar-refractivity contribution is 5.71. The van der Waals surface area contributed by atoms with Crippen LogP contribution in [-0.2, 0) is 9.53 Å². The number of rotatable bonds is 3. The number of carbonyl (C=O) groups excluding carboxylic acids is 1. The molecule has 4 fully saturated rings. The number of hydrogen-bond acceptors (Lipinski definition) is 2. The minimum Gasteiger partial charge on any atom is -0.458 e. The number of hydrogen-bond donors (Lipinski definition) is 0. The molecule has 0 aromatic rings. The van der Waals surface area contributed by atoms with Gasteiger partial charge in [-0.15, -0.1) is 0 Å². The SMILES string of the molecule is CC(F)(F)CC(=O)OC12CC3CC4CC(C1)C32C4. The molecule has 2 atom stereocenters. The third kappa shape index (κ3) is 1.11. The van der Waals surface area contributed by atoms with Gasteiger partial charge >= 0.3 is 5.97 Å². The Kier molecular flexibility index (Phi) is 1.81. The third-order valence-electron chi connectivity index (χ3n) is 6.08. The van der Waals surface area contributed by atoms with E-state index in [0.717, 1.165) is 25.7 Å². The summed E-state index contributed by atoms with van der Waals surface area (Å²) >= 11 is 0. The highest BCUT2D eigenvalue weighted by Crippen LogP contribution is 2.84. The van der Waals surface area contributed by atoms with Crippen LogP contribution in [0.4, 0.5) is 8.78 Å². The molecule has 2 nitrogen and oxygen atoms in total. The normalized spacial score (nSPS) is 51.4. The molecular formula is C14H18F2O2. The Bertz CT molecular complexity index is 410. The fourth-order valence-electron chi connectivity index (χ4n) is 5.78. The standard InChI is InChI=1S/C14H18F2O2/c1-12(15,16)7-11(17)18-13-5-9-2-8-3-10(6-13)14(9,13)4-8/h8-10H,2-7H2,1H3. The highest BCUT2D eigenvalue weighted by atomic mass is 19.3. The van der Waals surface area contributed by atoms with Gasteiger partial charge in [0.15, 0.2) is 0 Å². The van der Waals surface area contributed by atoms with Crippen molar-refractivity contribution in [1.29, 1.82) is 0 Å². The van der Waals surface area contributed by atoms with E-state index < -0.39 is 18.3 Å². The Labute approximate surface area is 105 Å². The Morgan fingerprint density at radius 3 is 2.39 bits per heavy atom. The fraction of sp³-hybridized carbons (Fsp3) is 0.929. The average molecular weight is 256 g/mol. The number of alkyl halides is 2. The second-order valence-electron chi connectivity index (χ2n) is 7.10. The van der Waals surface area contributed by atoms with E-state index in [1.807, 2.05) is 0 Å². The summed E-state index contributed by atoms with van der Waals surface area (Å²) in [6, 6.07) is 0. The van der Waals surface area contributed by atoms with Crippen molar-refractivity contribution in [2.24, 2.45) is 23.2 Å². The van der Waals surface area contributed by atoms with Gasteiger partial charge in [-0.3, -0.25) is 4.79 Å². The molecule has 4 heteroatoms. The lowest BCUT2D eigenvalue weighted by atomic mass is 9.35. The van der Waals surface area contributed by atoms with Crippen molar-refractivity contribution in [3.63, 3.8) is 0 Å². The van der Waals surface area contributed by atoms with Crippen molar-refractivity contribution < 1.29 is 18.3 Å². The van der Waals surface area contributed by atoms with E-state index >= 15 is 0 Å². The number of esters is 1. The van der Waals surface area contributed by atoms with E-state index in [9.17, 15) is 13.6 Å². The molecular weight excluding hydrogens is 238 g/mol. The summed E-state index contributed by atoms with van der Waals surface area (Å²) in [5.41, 5.74) is -0.119. The van der Waals surface area contributed by atoms with Gasteiger partial charge in [-0.1, -0.05) is 0 Å². The molecule has 0 N–H and O–H groups in total. The summed E-state index contributed by atoms with van der Waals surface area (Å²) in [6.45, 7) is 0.776. The van der Waals surface area contributed by atoms with Crippen LogP contribution in [0.15, 0.2) is 0 Å². The summed E-state index contributed by atoms with van der Waals surface area (Å²) in [7, 11) is 0. The lowest BCUT2D eigenvalue weighted by Gasteiger charge is -2.72. The number of halogens is 2. The van der Waals surface area contributed by atoms with Crippen LogP contribution in [0.25, 0.3) is 0 Å². The lowest BCUT2D eigenvalue weighted by Crippen LogP contribution is -2.74. The first kappa shape index (κ1) is 11.2. The zero-order valence-corrected chi connectivity index (χ0v) is 10.5. The van der Waals surface area contributed by atoms with E-state index in [0.29, 0.717) is 11.8 Å². The second kappa shape index (κ2) is 2.91. The molecule has 0 heterocycles. The molecule has 100 valence electrons. The van der Waals surface area contributed by atoms with Crippen molar-refractivity contribution in [3.05, 3.63) is 0 Å². The van der Waals surface area contributed by atoms with E-state index in [-0.39, 0.29) is 11.0 Å².